The van der Waals surface area contributed by atoms with Gasteiger partial charge in [-0.2, -0.15) is 0 Å². The second kappa shape index (κ2) is 6.90. The van der Waals surface area contributed by atoms with Crippen LogP contribution in [0.1, 0.15) is 13.8 Å². The maximum absolute atomic E-state index is 13.1. The first-order valence-electron chi connectivity index (χ1n) is 5.93. The van der Waals surface area contributed by atoms with Gasteiger partial charge in [0.2, 0.25) is 10.0 Å². The van der Waals surface area contributed by atoms with Crippen LogP contribution in [-0.4, -0.2) is 33.3 Å². The van der Waals surface area contributed by atoms with E-state index >= 15 is 0 Å². The number of hydrogen-bond donors (Lipinski definition) is 0. The number of ether oxygens (including phenoxy) is 1. The third kappa shape index (κ3) is 4.08. The van der Waals surface area contributed by atoms with Crippen LogP contribution < -0.4 is 4.31 Å². The van der Waals surface area contributed by atoms with Gasteiger partial charge in [-0.15, -0.1) is 0 Å². The number of nitrogens with zero attached hydrogens (tertiary/aromatic N) is 1. The number of benzene rings is 1. The molecule has 0 N–H and O–H groups in total. The first-order valence-corrected chi connectivity index (χ1v) is 7.91. The molecule has 0 radical (unpaired) electrons. The van der Waals surface area contributed by atoms with Gasteiger partial charge in [-0.3, -0.25) is 9.10 Å². The van der Waals surface area contributed by atoms with Gasteiger partial charge in [0.15, 0.2) is 0 Å². The molecule has 8 heteroatoms. The molecule has 0 bridgehead atoms. The van der Waals surface area contributed by atoms with E-state index in [4.69, 9.17) is 16.3 Å². The van der Waals surface area contributed by atoms with E-state index in [9.17, 15) is 17.6 Å². The molecule has 0 aliphatic heterocycles. The first kappa shape index (κ1) is 16.7. The molecule has 0 atom stereocenters. The van der Waals surface area contributed by atoms with Crippen LogP contribution in [0.2, 0.25) is 5.02 Å². The van der Waals surface area contributed by atoms with Crippen LogP contribution in [0.25, 0.3) is 0 Å². The summed E-state index contributed by atoms with van der Waals surface area (Å²) in [6.45, 7) is 2.72. The quantitative estimate of drug-likeness (QED) is 0.753. The van der Waals surface area contributed by atoms with Crippen LogP contribution in [-0.2, 0) is 19.6 Å². The van der Waals surface area contributed by atoms with E-state index in [0.29, 0.717) is 0 Å². The maximum Gasteiger partial charge on any atom is 0.326 e. The number of esters is 1. The number of carbonyl (C=O) groups excluding carboxylic acids is 1. The molecule has 5 nitrogen and oxygen atoms in total. The molecule has 0 saturated heterocycles. The normalized spacial score (nSPS) is 11.2. The van der Waals surface area contributed by atoms with Crippen molar-refractivity contribution in [3.63, 3.8) is 0 Å². The van der Waals surface area contributed by atoms with Crippen molar-refractivity contribution in [2.75, 3.05) is 23.2 Å². The van der Waals surface area contributed by atoms with Crippen LogP contribution in [0.4, 0.5) is 10.1 Å². The minimum absolute atomic E-state index is 0.117. The number of sulfonamides is 1. The molecule has 112 valence electrons. The molecule has 0 amide bonds. The molecule has 1 aromatic rings. The van der Waals surface area contributed by atoms with Crippen molar-refractivity contribution in [1.29, 1.82) is 0 Å². The van der Waals surface area contributed by atoms with Gasteiger partial charge in [0, 0.05) is 0 Å². The molecule has 0 aliphatic carbocycles. The topological polar surface area (TPSA) is 63.7 Å². The van der Waals surface area contributed by atoms with E-state index in [2.05, 4.69) is 0 Å². The largest absolute Gasteiger partial charge is 0.465 e. The van der Waals surface area contributed by atoms with E-state index in [1.807, 2.05) is 0 Å². The Balaban J connectivity index is 3.16. The monoisotopic (exact) mass is 323 g/mol. The summed E-state index contributed by atoms with van der Waals surface area (Å²) in [6.07, 6.45) is 0. The molecule has 0 heterocycles. The molecule has 0 aromatic heterocycles. The number of rotatable bonds is 6. The zero-order valence-corrected chi connectivity index (χ0v) is 12.7. The molecular formula is C12H15ClFNO4S. The molecule has 1 rings (SSSR count). The van der Waals surface area contributed by atoms with E-state index in [1.54, 1.807) is 6.92 Å². The summed E-state index contributed by atoms with van der Waals surface area (Å²) in [5.74, 6) is -1.56. The lowest BCUT2D eigenvalue weighted by atomic mass is 10.3. The van der Waals surface area contributed by atoms with E-state index < -0.39 is 28.4 Å². The molecule has 0 saturated carbocycles. The lowest BCUT2D eigenvalue weighted by molar-refractivity contribution is -0.141. The van der Waals surface area contributed by atoms with Crippen molar-refractivity contribution in [2.45, 2.75) is 13.8 Å². The summed E-state index contributed by atoms with van der Waals surface area (Å²) < 4.78 is 42.8. The highest BCUT2D eigenvalue weighted by molar-refractivity contribution is 7.92. The minimum Gasteiger partial charge on any atom is -0.465 e. The number of halogens is 2. The van der Waals surface area contributed by atoms with E-state index in [-0.39, 0.29) is 23.1 Å². The Kier molecular flexibility index (Phi) is 5.76. The minimum atomic E-state index is -3.70. The molecular weight excluding hydrogens is 309 g/mol. The lowest BCUT2D eigenvalue weighted by Crippen LogP contribution is -2.37. The highest BCUT2D eigenvalue weighted by Gasteiger charge is 2.24. The molecule has 0 unspecified atom stereocenters. The molecule has 20 heavy (non-hydrogen) atoms. The summed E-state index contributed by atoms with van der Waals surface area (Å²) in [7, 11) is -3.70. The summed E-state index contributed by atoms with van der Waals surface area (Å²) in [5, 5.41) is -0.220. The van der Waals surface area contributed by atoms with Crippen molar-refractivity contribution in [1.82, 2.24) is 0 Å². The number of carbonyl (C=O) groups is 1. The Morgan fingerprint density at radius 2 is 2.05 bits per heavy atom. The smallest absolute Gasteiger partial charge is 0.326 e. The van der Waals surface area contributed by atoms with Gasteiger partial charge in [0.25, 0.3) is 0 Å². The summed E-state index contributed by atoms with van der Waals surface area (Å²) in [4.78, 5) is 11.5. The Bertz CT molecular complexity index is 591. The van der Waals surface area contributed by atoms with E-state index in [0.717, 1.165) is 16.4 Å². The Hall–Kier alpha value is -1.34. The molecule has 0 spiro atoms. The van der Waals surface area contributed by atoms with Crippen LogP contribution in [0, 0.1) is 5.82 Å². The van der Waals surface area contributed by atoms with E-state index in [1.165, 1.54) is 13.0 Å². The zero-order chi connectivity index (χ0) is 15.3. The summed E-state index contributed by atoms with van der Waals surface area (Å²) in [5.41, 5.74) is 0.117. The zero-order valence-electron chi connectivity index (χ0n) is 11.1. The lowest BCUT2D eigenvalue weighted by Gasteiger charge is -2.23. The van der Waals surface area contributed by atoms with Gasteiger partial charge in [-0.1, -0.05) is 11.6 Å². The van der Waals surface area contributed by atoms with Crippen molar-refractivity contribution in [3.05, 3.63) is 29.0 Å². The Morgan fingerprint density at radius 1 is 1.40 bits per heavy atom. The standard InChI is InChI=1S/C12H15ClFNO4S/c1-3-19-12(16)8-15(20(17,18)4-2)9-5-6-11(14)10(13)7-9/h5-7H,3-4,8H2,1-2H3. The van der Waals surface area contributed by atoms with Crippen molar-refractivity contribution in [3.8, 4) is 0 Å². The fourth-order valence-corrected chi connectivity index (χ4v) is 2.69. The third-order valence-corrected chi connectivity index (χ3v) is 4.50. The average molecular weight is 324 g/mol. The Morgan fingerprint density at radius 3 is 2.55 bits per heavy atom. The highest BCUT2D eigenvalue weighted by Crippen LogP contribution is 2.24. The predicted octanol–water partition coefficient (Wildman–Crippen LogP) is 2.20. The van der Waals surface area contributed by atoms with Crippen LogP contribution in [0.15, 0.2) is 18.2 Å². The fourth-order valence-electron chi connectivity index (χ4n) is 1.47. The number of anilines is 1. The SMILES string of the molecule is CCOC(=O)CN(c1ccc(F)c(Cl)c1)S(=O)(=O)CC. The van der Waals surface area contributed by atoms with Crippen molar-refractivity contribution in [2.24, 2.45) is 0 Å². The van der Waals surface area contributed by atoms with Gasteiger partial charge in [0.05, 0.1) is 23.1 Å². The van der Waals surface area contributed by atoms with Crippen molar-refractivity contribution < 1.29 is 22.3 Å². The first-order chi connectivity index (χ1) is 9.31. The van der Waals surface area contributed by atoms with Gasteiger partial charge < -0.3 is 4.74 Å². The summed E-state index contributed by atoms with van der Waals surface area (Å²) in [6, 6.07) is 3.44. The van der Waals surface area contributed by atoms with Gasteiger partial charge in [-0.25, -0.2) is 12.8 Å². The molecule has 1 aromatic carbocycles. The fraction of sp³-hybridized carbons (Fsp3) is 0.417. The van der Waals surface area contributed by atoms with Gasteiger partial charge in [-0.05, 0) is 32.0 Å². The van der Waals surface area contributed by atoms with Crippen LogP contribution in [0.3, 0.4) is 0 Å². The molecule has 0 fully saturated rings. The highest BCUT2D eigenvalue weighted by atomic mass is 35.5. The Labute approximate surface area is 122 Å². The van der Waals surface area contributed by atoms with Gasteiger partial charge >= 0.3 is 5.97 Å². The second-order valence-electron chi connectivity index (χ2n) is 3.81. The maximum atomic E-state index is 13.1. The van der Waals surface area contributed by atoms with Crippen LogP contribution in [0.5, 0.6) is 0 Å². The van der Waals surface area contributed by atoms with Gasteiger partial charge in [0.1, 0.15) is 12.4 Å². The third-order valence-electron chi connectivity index (χ3n) is 2.47. The summed E-state index contributed by atoms with van der Waals surface area (Å²) >= 11 is 5.64. The predicted molar refractivity (Wildman–Crippen MR) is 74.8 cm³/mol. The molecule has 0 aliphatic rings. The second-order valence-corrected chi connectivity index (χ2v) is 6.40. The number of hydrogen-bond acceptors (Lipinski definition) is 4. The average Bonchev–Trinajstić information content (AvgIpc) is 2.39. The van der Waals surface area contributed by atoms with Crippen molar-refractivity contribution >= 4 is 33.3 Å². The van der Waals surface area contributed by atoms with Crippen LogP contribution >= 0.6 is 11.6 Å².